The van der Waals surface area contributed by atoms with E-state index in [1.165, 1.54) is 6.21 Å². The van der Waals surface area contributed by atoms with E-state index in [1.807, 2.05) is 19.9 Å². The Morgan fingerprint density at radius 3 is 2.45 bits per heavy atom. The summed E-state index contributed by atoms with van der Waals surface area (Å²) in [7, 11) is 0. The summed E-state index contributed by atoms with van der Waals surface area (Å²) < 4.78 is 16.5. The number of ether oxygens (including phenoxy) is 3. The number of benzene rings is 3. The van der Waals surface area contributed by atoms with E-state index in [0.717, 1.165) is 5.56 Å². The molecule has 1 amide bonds. The lowest BCUT2D eigenvalue weighted by atomic mass is 10.2. The average molecular weight is 467 g/mol. The van der Waals surface area contributed by atoms with Gasteiger partial charge in [-0.3, -0.25) is 4.79 Å². The van der Waals surface area contributed by atoms with Crippen LogP contribution in [0.25, 0.3) is 0 Å². The molecule has 170 valence electrons. The number of hydrogen-bond acceptors (Lipinski definition) is 6. The molecule has 0 saturated carbocycles. The lowest BCUT2D eigenvalue weighted by Gasteiger charge is -2.11. The van der Waals surface area contributed by atoms with E-state index in [-0.39, 0.29) is 6.61 Å². The molecule has 0 bridgehead atoms. The number of nitrogens with one attached hydrogen (secondary N) is 1. The molecule has 33 heavy (non-hydrogen) atoms. The van der Waals surface area contributed by atoms with Gasteiger partial charge in [-0.15, -0.1) is 0 Å². The van der Waals surface area contributed by atoms with Crippen molar-refractivity contribution in [1.82, 2.24) is 5.43 Å². The highest BCUT2D eigenvalue weighted by Crippen LogP contribution is 2.29. The van der Waals surface area contributed by atoms with E-state index in [1.54, 1.807) is 60.7 Å². The first-order valence-corrected chi connectivity index (χ1v) is 10.6. The lowest BCUT2D eigenvalue weighted by Crippen LogP contribution is -2.24. The van der Waals surface area contributed by atoms with Crippen molar-refractivity contribution in [3.8, 4) is 17.2 Å². The second-order valence-corrected chi connectivity index (χ2v) is 7.32. The van der Waals surface area contributed by atoms with Gasteiger partial charge in [-0.25, -0.2) is 10.2 Å². The Labute approximate surface area is 196 Å². The van der Waals surface area contributed by atoms with E-state index in [2.05, 4.69) is 10.5 Å². The summed E-state index contributed by atoms with van der Waals surface area (Å²) in [4.78, 5) is 24.3. The maximum atomic E-state index is 12.3. The van der Waals surface area contributed by atoms with Crippen molar-refractivity contribution in [1.29, 1.82) is 0 Å². The first-order chi connectivity index (χ1) is 16.0. The maximum Gasteiger partial charge on any atom is 0.343 e. The number of esters is 1. The largest absolute Gasteiger partial charge is 0.490 e. The van der Waals surface area contributed by atoms with Gasteiger partial charge in [0.1, 0.15) is 5.75 Å². The second-order valence-electron chi connectivity index (χ2n) is 6.89. The molecule has 3 rings (SSSR count). The first kappa shape index (κ1) is 23.8. The van der Waals surface area contributed by atoms with E-state index in [9.17, 15) is 9.59 Å². The number of carbonyl (C=O) groups excluding carboxylic acids is 2. The molecule has 3 aromatic carbocycles. The van der Waals surface area contributed by atoms with Gasteiger partial charge < -0.3 is 14.2 Å². The monoisotopic (exact) mass is 466 g/mol. The third kappa shape index (κ3) is 7.08. The molecule has 0 heterocycles. The molecule has 1 N–H and O–H groups in total. The van der Waals surface area contributed by atoms with Crippen molar-refractivity contribution in [2.24, 2.45) is 5.10 Å². The predicted octanol–water partition coefficient (Wildman–Crippen LogP) is 4.80. The molecule has 0 aliphatic carbocycles. The van der Waals surface area contributed by atoms with Crippen LogP contribution < -0.4 is 19.6 Å². The Balaban J connectivity index is 1.59. The fraction of sp³-hybridized carbons (Fsp3) is 0.160. The van der Waals surface area contributed by atoms with Gasteiger partial charge in [-0.1, -0.05) is 29.8 Å². The molecule has 0 unspecified atom stereocenters. The zero-order valence-corrected chi connectivity index (χ0v) is 19.0. The van der Waals surface area contributed by atoms with Crippen LogP contribution in [0.3, 0.4) is 0 Å². The number of halogens is 1. The summed E-state index contributed by atoms with van der Waals surface area (Å²) in [6.07, 6.45) is 1.46. The highest BCUT2D eigenvalue weighted by atomic mass is 35.5. The van der Waals surface area contributed by atoms with Crippen LogP contribution in [0, 0.1) is 6.92 Å². The number of amides is 1. The normalized spacial score (nSPS) is 10.6. The van der Waals surface area contributed by atoms with Gasteiger partial charge >= 0.3 is 5.97 Å². The highest BCUT2D eigenvalue weighted by molar-refractivity contribution is 6.30. The van der Waals surface area contributed by atoms with E-state index in [0.29, 0.717) is 40.0 Å². The van der Waals surface area contributed by atoms with Gasteiger partial charge in [0.2, 0.25) is 0 Å². The van der Waals surface area contributed by atoms with Crippen LogP contribution in [0.4, 0.5) is 0 Å². The minimum atomic E-state index is -0.485. The van der Waals surface area contributed by atoms with Crippen LogP contribution in [-0.2, 0) is 4.79 Å². The molecule has 0 fully saturated rings. The molecular weight excluding hydrogens is 444 g/mol. The lowest BCUT2D eigenvalue weighted by molar-refractivity contribution is -0.123. The molecule has 0 radical (unpaired) electrons. The van der Waals surface area contributed by atoms with E-state index in [4.69, 9.17) is 25.8 Å². The summed E-state index contributed by atoms with van der Waals surface area (Å²) >= 11 is 5.91. The fourth-order valence-electron chi connectivity index (χ4n) is 2.82. The zero-order chi connectivity index (χ0) is 23.6. The Bertz CT molecular complexity index is 1150. The Kier molecular flexibility index (Phi) is 8.43. The Hall–Kier alpha value is -3.84. The van der Waals surface area contributed by atoms with Crippen LogP contribution in [0.15, 0.2) is 71.8 Å². The minimum absolute atomic E-state index is 0.196. The van der Waals surface area contributed by atoms with Crippen LogP contribution in [-0.4, -0.2) is 31.3 Å². The number of hydrogen-bond donors (Lipinski definition) is 1. The van der Waals surface area contributed by atoms with Crippen molar-refractivity contribution < 1.29 is 23.8 Å². The number of nitrogens with zero attached hydrogens (tertiary/aromatic N) is 1. The summed E-state index contributed by atoms with van der Waals surface area (Å²) in [6.45, 7) is 3.85. The number of aryl methyl sites for hydroxylation is 1. The quantitative estimate of drug-likeness (QED) is 0.212. The van der Waals surface area contributed by atoms with Crippen molar-refractivity contribution in [3.63, 3.8) is 0 Å². The maximum absolute atomic E-state index is 12.3. The van der Waals surface area contributed by atoms with Crippen LogP contribution in [0.1, 0.15) is 28.4 Å². The smallest absolute Gasteiger partial charge is 0.343 e. The minimum Gasteiger partial charge on any atom is -0.490 e. The Morgan fingerprint density at radius 1 is 0.970 bits per heavy atom. The van der Waals surface area contributed by atoms with Crippen LogP contribution in [0.5, 0.6) is 17.2 Å². The molecule has 0 saturated heterocycles. The summed E-state index contributed by atoms with van der Waals surface area (Å²) in [5.74, 6) is 0.345. The fourth-order valence-corrected chi connectivity index (χ4v) is 3.05. The predicted molar refractivity (Wildman–Crippen MR) is 126 cm³/mol. The average Bonchev–Trinajstić information content (AvgIpc) is 2.81. The molecular formula is C25H23ClN2O5. The van der Waals surface area contributed by atoms with Gasteiger partial charge in [0.05, 0.1) is 18.4 Å². The van der Waals surface area contributed by atoms with Gasteiger partial charge in [0, 0.05) is 5.02 Å². The molecule has 0 aliphatic rings. The SMILES string of the molecule is CCOc1cc(C=NNC(=O)COc2ccc(Cl)cc2C)ccc1OC(=O)c1ccccc1. The summed E-state index contributed by atoms with van der Waals surface area (Å²) in [6, 6.07) is 18.8. The molecule has 8 heteroatoms. The molecule has 0 aromatic heterocycles. The molecule has 3 aromatic rings. The van der Waals surface area contributed by atoms with Crippen LogP contribution in [0.2, 0.25) is 5.02 Å². The van der Waals surface area contributed by atoms with Gasteiger partial charge in [-0.2, -0.15) is 5.10 Å². The topological polar surface area (TPSA) is 86.2 Å². The number of rotatable bonds is 9. The first-order valence-electron chi connectivity index (χ1n) is 10.2. The summed E-state index contributed by atoms with van der Waals surface area (Å²) in [5.41, 5.74) is 4.31. The molecule has 0 spiro atoms. The van der Waals surface area contributed by atoms with Crippen molar-refractivity contribution in [2.75, 3.05) is 13.2 Å². The van der Waals surface area contributed by atoms with Gasteiger partial charge in [0.15, 0.2) is 18.1 Å². The number of hydrazone groups is 1. The highest BCUT2D eigenvalue weighted by Gasteiger charge is 2.13. The second kappa shape index (κ2) is 11.7. The van der Waals surface area contributed by atoms with Crippen molar-refractivity contribution in [3.05, 3.63) is 88.4 Å². The Morgan fingerprint density at radius 2 is 1.73 bits per heavy atom. The van der Waals surface area contributed by atoms with Crippen LogP contribution >= 0.6 is 11.6 Å². The van der Waals surface area contributed by atoms with Gasteiger partial charge in [0.25, 0.3) is 5.91 Å². The number of carbonyl (C=O) groups is 2. The standard InChI is InChI=1S/C25H23ClN2O5/c1-3-31-23-14-18(9-11-22(23)33-25(30)19-7-5-4-6-8-19)15-27-28-24(29)16-32-21-12-10-20(26)13-17(21)2/h4-15H,3,16H2,1-2H3,(H,28,29). The third-order valence-electron chi connectivity index (χ3n) is 4.38. The van der Waals surface area contributed by atoms with E-state index >= 15 is 0 Å². The summed E-state index contributed by atoms with van der Waals surface area (Å²) in [5, 5.41) is 4.54. The zero-order valence-electron chi connectivity index (χ0n) is 18.2. The molecule has 7 nitrogen and oxygen atoms in total. The van der Waals surface area contributed by atoms with Gasteiger partial charge in [-0.05, 0) is 73.5 Å². The van der Waals surface area contributed by atoms with Crippen molar-refractivity contribution >= 4 is 29.7 Å². The molecule has 0 atom stereocenters. The van der Waals surface area contributed by atoms with E-state index < -0.39 is 11.9 Å². The third-order valence-corrected chi connectivity index (χ3v) is 4.61. The molecule has 0 aliphatic heterocycles. The van der Waals surface area contributed by atoms with Crippen molar-refractivity contribution in [2.45, 2.75) is 13.8 Å².